The highest BCUT2D eigenvalue weighted by Crippen LogP contribution is 2.36. The van der Waals surface area contributed by atoms with Crippen molar-refractivity contribution in [2.24, 2.45) is 0 Å². The number of anilines is 4. The normalized spacial score (nSPS) is 11.3. The molecule has 2 N–H and O–H groups in total. The molecule has 3 rings (SSSR count). The van der Waals surface area contributed by atoms with Gasteiger partial charge in [0.2, 0.25) is 5.95 Å². The van der Waals surface area contributed by atoms with Crippen LogP contribution in [0.5, 0.6) is 5.75 Å². The lowest BCUT2D eigenvalue weighted by molar-refractivity contribution is -0.137. The van der Waals surface area contributed by atoms with Crippen LogP contribution in [0.1, 0.15) is 50.7 Å². The van der Waals surface area contributed by atoms with E-state index in [0.717, 1.165) is 49.6 Å². The number of aryl methyl sites for hydroxylation is 1. The molecule has 176 valence electrons. The lowest BCUT2D eigenvalue weighted by Crippen LogP contribution is -2.13. The highest BCUT2D eigenvalue weighted by Gasteiger charge is 2.35. The SMILES string of the molecule is CCCCCc1ccccc1Nc1nc(Nc2ccc(OCCC)cc2)ncc1C(F)(F)F. The van der Waals surface area contributed by atoms with Gasteiger partial charge in [0, 0.05) is 17.6 Å². The zero-order valence-electron chi connectivity index (χ0n) is 18.9. The van der Waals surface area contributed by atoms with Crippen molar-refractivity contribution in [1.29, 1.82) is 0 Å². The lowest BCUT2D eigenvalue weighted by Gasteiger charge is -2.17. The van der Waals surface area contributed by atoms with Crippen molar-refractivity contribution in [2.45, 2.75) is 52.1 Å². The molecule has 1 aromatic heterocycles. The monoisotopic (exact) mass is 458 g/mol. The molecule has 0 aliphatic heterocycles. The van der Waals surface area contributed by atoms with Gasteiger partial charge in [0.15, 0.2) is 0 Å². The fraction of sp³-hybridized carbons (Fsp3) is 0.360. The number of para-hydroxylation sites is 1. The average molecular weight is 459 g/mol. The number of unbranched alkanes of at least 4 members (excludes halogenated alkanes) is 2. The molecular formula is C25H29F3N4O. The van der Waals surface area contributed by atoms with E-state index in [1.54, 1.807) is 36.4 Å². The number of hydrogen-bond donors (Lipinski definition) is 2. The summed E-state index contributed by atoms with van der Waals surface area (Å²) in [6.45, 7) is 4.75. The minimum absolute atomic E-state index is 0.0659. The van der Waals surface area contributed by atoms with Crippen LogP contribution < -0.4 is 15.4 Å². The fourth-order valence-electron chi connectivity index (χ4n) is 3.28. The first-order valence-electron chi connectivity index (χ1n) is 11.2. The third-order valence-electron chi connectivity index (χ3n) is 5.00. The Labute approximate surface area is 192 Å². The quantitative estimate of drug-likeness (QED) is 0.291. The average Bonchev–Trinajstić information content (AvgIpc) is 2.79. The molecule has 5 nitrogen and oxygen atoms in total. The van der Waals surface area contributed by atoms with Crippen molar-refractivity contribution in [1.82, 2.24) is 9.97 Å². The number of aromatic nitrogens is 2. The maximum atomic E-state index is 13.7. The van der Waals surface area contributed by atoms with E-state index in [4.69, 9.17) is 4.74 Å². The molecule has 0 aliphatic carbocycles. The van der Waals surface area contributed by atoms with E-state index in [0.29, 0.717) is 18.0 Å². The topological polar surface area (TPSA) is 59.1 Å². The molecule has 0 fully saturated rings. The highest BCUT2D eigenvalue weighted by atomic mass is 19.4. The third-order valence-corrected chi connectivity index (χ3v) is 5.00. The predicted octanol–water partition coefficient (Wildman–Crippen LogP) is 7.50. The van der Waals surface area contributed by atoms with Crippen LogP contribution in [0.2, 0.25) is 0 Å². The van der Waals surface area contributed by atoms with E-state index in [1.165, 1.54) is 0 Å². The molecule has 0 atom stereocenters. The van der Waals surface area contributed by atoms with Crippen molar-refractivity contribution >= 4 is 23.1 Å². The van der Waals surface area contributed by atoms with Gasteiger partial charge in [-0.15, -0.1) is 0 Å². The summed E-state index contributed by atoms with van der Waals surface area (Å²) in [5, 5.41) is 5.87. The number of hydrogen-bond acceptors (Lipinski definition) is 5. The number of halogens is 3. The van der Waals surface area contributed by atoms with Crippen LogP contribution in [0, 0.1) is 0 Å². The van der Waals surface area contributed by atoms with Crippen LogP contribution in [0.3, 0.4) is 0 Å². The van der Waals surface area contributed by atoms with Gasteiger partial charge in [-0.05, 0) is 55.2 Å². The molecule has 0 saturated carbocycles. The summed E-state index contributed by atoms with van der Waals surface area (Å²) in [6.07, 6.45) is 0.993. The van der Waals surface area contributed by atoms with Gasteiger partial charge in [-0.1, -0.05) is 44.9 Å². The Morgan fingerprint density at radius 1 is 0.909 bits per heavy atom. The number of benzene rings is 2. The summed E-state index contributed by atoms with van der Waals surface area (Å²) < 4.78 is 46.5. The minimum Gasteiger partial charge on any atom is -0.494 e. The van der Waals surface area contributed by atoms with Gasteiger partial charge in [-0.2, -0.15) is 18.2 Å². The molecule has 0 bridgehead atoms. The Morgan fingerprint density at radius 2 is 1.67 bits per heavy atom. The molecule has 0 aliphatic rings. The lowest BCUT2D eigenvalue weighted by atomic mass is 10.1. The van der Waals surface area contributed by atoms with Gasteiger partial charge in [-0.25, -0.2) is 4.98 Å². The summed E-state index contributed by atoms with van der Waals surface area (Å²) in [5.74, 6) is 0.500. The zero-order valence-corrected chi connectivity index (χ0v) is 18.9. The smallest absolute Gasteiger partial charge is 0.421 e. The summed E-state index contributed by atoms with van der Waals surface area (Å²) in [7, 11) is 0. The molecule has 1 heterocycles. The van der Waals surface area contributed by atoms with Crippen molar-refractivity contribution in [2.75, 3.05) is 17.2 Å². The fourth-order valence-corrected chi connectivity index (χ4v) is 3.28. The highest BCUT2D eigenvalue weighted by molar-refractivity contribution is 5.65. The van der Waals surface area contributed by atoms with E-state index in [9.17, 15) is 13.2 Å². The number of nitrogens with one attached hydrogen (secondary N) is 2. The van der Waals surface area contributed by atoms with Crippen LogP contribution in [-0.2, 0) is 12.6 Å². The van der Waals surface area contributed by atoms with E-state index in [2.05, 4.69) is 27.5 Å². The first kappa shape index (κ1) is 24.4. The second-order valence-electron chi connectivity index (χ2n) is 7.69. The largest absolute Gasteiger partial charge is 0.494 e. The van der Waals surface area contributed by atoms with Crippen LogP contribution >= 0.6 is 0 Å². The zero-order chi connectivity index (χ0) is 23.7. The van der Waals surface area contributed by atoms with E-state index in [1.807, 2.05) is 19.1 Å². The Morgan fingerprint density at radius 3 is 2.36 bits per heavy atom. The first-order chi connectivity index (χ1) is 15.9. The molecule has 33 heavy (non-hydrogen) atoms. The first-order valence-corrected chi connectivity index (χ1v) is 11.2. The number of rotatable bonds is 11. The molecule has 0 radical (unpaired) electrons. The second kappa shape index (κ2) is 11.5. The third kappa shape index (κ3) is 7.10. The molecule has 2 aromatic carbocycles. The van der Waals surface area contributed by atoms with Gasteiger partial charge in [0.1, 0.15) is 17.1 Å². The van der Waals surface area contributed by atoms with E-state index < -0.39 is 11.7 Å². The van der Waals surface area contributed by atoms with Crippen molar-refractivity contribution in [3.8, 4) is 5.75 Å². The molecule has 0 spiro atoms. The molecule has 3 aromatic rings. The maximum Gasteiger partial charge on any atom is 0.421 e. The predicted molar refractivity (Wildman–Crippen MR) is 125 cm³/mol. The van der Waals surface area contributed by atoms with Gasteiger partial charge in [0.25, 0.3) is 0 Å². The summed E-state index contributed by atoms with van der Waals surface area (Å²) in [4.78, 5) is 8.04. The maximum absolute atomic E-state index is 13.7. The van der Waals surface area contributed by atoms with Crippen molar-refractivity contribution in [3.63, 3.8) is 0 Å². The molecule has 0 saturated heterocycles. The standard InChI is InChI=1S/C25H29F3N4O/c1-3-5-6-9-18-10-7-8-11-22(18)31-23-21(25(26,27)28)17-29-24(32-23)30-19-12-14-20(15-13-19)33-16-4-2/h7-8,10-15,17H,3-6,9,16H2,1-2H3,(H2,29,30,31,32). The molecule has 0 amide bonds. The summed E-state index contributed by atoms with van der Waals surface area (Å²) in [6, 6.07) is 14.5. The molecular weight excluding hydrogens is 429 g/mol. The molecule has 8 heteroatoms. The Hall–Kier alpha value is -3.29. The summed E-state index contributed by atoms with van der Waals surface area (Å²) >= 11 is 0. The number of alkyl halides is 3. The van der Waals surface area contributed by atoms with Gasteiger partial charge in [0.05, 0.1) is 6.61 Å². The van der Waals surface area contributed by atoms with Crippen molar-refractivity contribution in [3.05, 3.63) is 65.9 Å². The molecule has 0 unspecified atom stereocenters. The Kier molecular flexibility index (Phi) is 8.52. The van der Waals surface area contributed by atoms with Crippen LogP contribution in [-0.4, -0.2) is 16.6 Å². The summed E-state index contributed by atoms with van der Waals surface area (Å²) in [5.41, 5.74) is 1.29. The van der Waals surface area contributed by atoms with Crippen LogP contribution in [0.25, 0.3) is 0 Å². The van der Waals surface area contributed by atoms with Crippen LogP contribution in [0.4, 0.5) is 36.3 Å². The minimum atomic E-state index is -4.59. The van der Waals surface area contributed by atoms with E-state index in [-0.39, 0.29) is 11.8 Å². The number of ether oxygens (including phenoxy) is 1. The Balaban J connectivity index is 1.84. The Bertz CT molecular complexity index is 1020. The second-order valence-corrected chi connectivity index (χ2v) is 7.69. The van der Waals surface area contributed by atoms with Crippen LogP contribution in [0.15, 0.2) is 54.7 Å². The van der Waals surface area contributed by atoms with Crippen molar-refractivity contribution < 1.29 is 17.9 Å². The van der Waals surface area contributed by atoms with E-state index >= 15 is 0 Å². The van der Waals surface area contributed by atoms with Gasteiger partial charge < -0.3 is 15.4 Å². The van der Waals surface area contributed by atoms with Gasteiger partial charge >= 0.3 is 6.18 Å². The van der Waals surface area contributed by atoms with Gasteiger partial charge in [-0.3, -0.25) is 0 Å². The number of nitrogens with zero attached hydrogens (tertiary/aromatic N) is 2.